The van der Waals surface area contributed by atoms with E-state index in [9.17, 15) is 22.8 Å². The molecule has 0 saturated carbocycles. The van der Waals surface area contributed by atoms with Crippen LogP contribution in [0.1, 0.15) is 18.0 Å². The van der Waals surface area contributed by atoms with Crippen LogP contribution in [0.15, 0.2) is 48.7 Å². The summed E-state index contributed by atoms with van der Waals surface area (Å²) in [5.74, 6) is -0.663. The van der Waals surface area contributed by atoms with Crippen LogP contribution in [0, 0.1) is 0 Å². The van der Waals surface area contributed by atoms with E-state index in [1.165, 1.54) is 10.7 Å². The molecule has 3 aromatic rings. The zero-order valence-electron chi connectivity index (χ0n) is 15.5. The summed E-state index contributed by atoms with van der Waals surface area (Å²) in [4.78, 5) is 24.8. The van der Waals surface area contributed by atoms with Crippen LogP contribution in [0.4, 0.5) is 24.7 Å². The second-order valence-electron chi connectivity index (χ2n) is 6.81. The van der Waals surface area contributed by atoms with Crippen molar-refractivity contribution in [2.24, 2.45) is 0 Å². The molecule has 1 unspecified atom stereocenters. The van der Waals surface area contributed by atoms with Gasteiger partial charge in [-0.2, -0.15) is 18.3 Å². The zero-order chi connectivity index (χ0) is 22.3. The molecule has 1 atom stereocenters. The lowest BCUT2D eigenvalue weighted by molar-refractivity contribution is -0.137. The molecule has 1 aliphatic rings. The summed E-state index contributed by atoms with van der Waals surface area (Å²) in [6.45, 7) is 0. The fourth-order valence-electron chi connectivity index (χ4n) is 3.26. The number of hydrogen-bond donors (Lipinski definition) is 2. The van der Waals surface area contributed by atoms with Gasteiger partial charge in [0.2, 0.25) is 5.91 Å². The van der Waals surface area contributed by atoms with Gasteiger partial charge in [-0.15, -0.1) is 0 Å². The van der Waals surface area contributed by atoms with Crippen molar-refractivity contribution in [3.8, 4) is 11.1 Å². The SMILES string of the molecule is O=C(CC1C(=O)Nc2c(-c3ccc(Cl)cc3)cnn21)Nc1ccc(Cl)c(C(F)(F)F)c1. The second-order valence-corrected chi connectivity index (χ2v) is 7.65. The van der Waals surface area contributed by atoms with Gasteiger partial charge in [-0.1, -0.05) is 35.3 Å². The minimum atomic E-state index is -4.66. The van der Waals surface area contributed by atoms with Crippen molar-refractivity contribution in [1.82, 2.24) is 9.78 Å². The number of halogens is 5. The molecule has 4 rings (SSSR count). The van der Waals surface area contributed by atoms with Gasteiger partial charge in [-0.05, 0) is 35.9 Å². The van der Waals surface area contributed by atoms with Crippen molar-refractivity contribution in [2.75, 3.05) is 10.6 Å². The molecule has 11 heteroatoms. The molecule has 6 nitrogen and oxygen atoms in total. The Balaban J connectivity index is 1.52. The Morgan fingerprint density at radius 3 is 2.55 bits per heavy atom. The van der Waals surface area contributed by atoms with Gasteiger partial charge in [-0.3, -0.25) is 9.59 Å². The van der Waals surface area contributed by atoms with E-state index in [0.717, 1.165) is 17.7 Å². The number of anilines is 2. The fraction of sp³-hybridized carbons (Fsp3) is 0.150. The molecule has 2 aromatic carbocycles. The quantitative estimate of drug-likeness (QED) is 0.538. The van der Waals surface area contributed by atoms with Crippen LogP contribution >= 0.6 is 23.2 Å². The predicted octanol–water partition coefficient (Wildman–Crippen LogP) is 5.40. The molecule has 0 radical (unpaired) electrons. The van der Waals surface area contributed by atoms with E-state index in [-0.39, 0.29) is 12.1 Å². The number of benzene rings is 2. The van der Waals surface area contributed by atoms with Crippen molar-refractivity contribution in [3.63, 3.8) is 0 Å². The number of rotatable bonds is 4. The molecule has 160 valence electrons. The van der Waals surface area contributed by atoms with Gasteiger partial charge in [0.15, 0.2) is 0 Å². The molecule has 1 aliphatic heterocycles. The van der Waals surface area contributed by atoms with Gasteiger partial charge in [0, 0.05) is 16.3 Å². The van der Waals surface area contributed by atoms with E-state index in [0.29, 0.717) is 16.4 Å². The molecule has 0 fully saturated rings. The highest BCUT2D eigenvalue weighted by Gasteiger charge is 2.36. The van der Waals surface area contributed by atoms with Gasteiger partial charge < -0.3 is 10.6 Å². The van der Waals surface area contributed by atoms with Crippen molar-refractivity contribution in [2.45, 2.75) is 18.6 Å². The first-order valence-corrected chi connectivity index (χ1v) is 9.70. The van der Waals surface area contributed by atoms with E-state index in [4.69, 9.17) is 23.2 Å². The Morgan fingerprint density at radius 2 is 1.87 bits per heavy atom. The van der Waals surface area contributed by atoms with Crippen LogP contribution in [-0.2, 0) is 15.8 Å². The van der Waals surface area contributed by atoms with Crippen molar-refractivity contribution in [3.05, 3.63) is 64.3 Å². The molecule has 2 N–H and O–H groups in total. The van der Waals surface area contributed by atoms with Crippen molar-refractivity contribution in [1.29, 1.82) is 0 Å². The van der Waals surface area contributed by atoms with Crippen LogP contribution in [0.2, 0.25) is 10.0 Å². The van der Waals surface area contributed by atoms with Gasteiger partial charge in [0.25, 0.3) is 5.91 Å². The summed E-state index contributed by atoms with van der Waals surface area (Å²) < 4.78 is 40.4. The van der Waals surface area contributed by atoms with E-state index in [2.05, 4.69) is 15.7 Å². The Morgan fingerprint density at radius 1 is 1.16 bits per heavy atom. The van der Waals surface area contributed by atoms with Crippen LogP contribution in [0.25, 0.3) is 11.1 Å². The van der Waals surface area contributed by atoms with Crippen molar-refractivity contribution < 1.29 is 22.8 Å². The molecule has 0 bridgehead atoms. The van der Waals surface area contributed by atoms with Gasteiger partial charge in [0.1, 0.15) is 11.9 Å². The lowest BCUT2D eigenvalue weighted by Gasteiger charge is -2.13. The van der Waals surface area contributed by atoms with Crippen LogP contribution < -0.4 is 10.6 Å². The van der Waals surface area contributed by atoms with E-state index in [1.54, 1.807) is 30.5 Å². The number of aromatic nitrogens is 2. The maximum Gasteiger partial charge on any atom is 0.417 e. The Kier molecular flexibility index (Phi) is 5.40. The summed E-state index contributed by atoms with van der Waals surface area (Å²) in [7, 11) is 0. The lowest BCUT2D eigenvalue weighted by atomic mass is 10.1. The second kappa shape index (κ2) is 7.90. The third-order valence-electron chi connectivity index (χ3n) is 4.72. The molecule has 0 spiro atoms. The Labute approximate surface area is 183 Å². The largest absolute Gasteiger partial charge is 0.417 e. The van der Waals surface area contributed by atoms with E-state index < -0.39 is 34.6 Å². The maximum absolute atomic E-state index is 13.0. The van der Waals surface area contributed by atoms with Crippen LogP contribution in [-0.4, -0.2) is 21.6 Å². The van der Waals surface area contributed by atoms with E-state index >= 15 is 0 Å². The number of carbonyl (C=O) groups excluding carboxylic acids is 2. The summed E-state index contributed by atoms with van der Waals surface area (Å²) in [5.41, 5.74) is 0.285. The molecule has 2 heterocycles. The highest BCUT2D eigenvalue weighted by atomic mass is 35.5. The number of carbonyl (C=O) groups is 2. The lowest BCUT2D eigenvalue weighted by Crippen LogP contribution is -2.23. The van der Waals surface area contributed by atoms with Crippen LogP contribution in [0.3, 0.4) is 0 Å². The van der Waals surface area contributed by atoms with Crippen molar-refractivity contribution >= 4 is 46.5 Å². The highest BCUT2D eigenvalue weighted by molar-refractivity contribution is 6.31. The standard InChI is InChI=1S/C20H13Cl2F3N4O2/c21-11-3-1-10(2-4-11)13-9-26-29-16(19(31)28-18(13)29)8-17(30)27-12-5-6-15(22)14(7-12)20(23,24)25/h1-7,9,16H,8H2,(H,27,30)(H,28,31). The van der Waals surface area contributed by atoms with Gasteiger partial charge >= 0.3 is 6.18 Å². The fourth-order valence-corrected chi connectivity index (χ4v) is 3.61. The van der Waals surface area contributed by atoms with E-state index in [1.807, 2.05) is 0 Å². The van der Waals surface area contributed by atoms with Gasteiger partial charge in [-0.25, -0.2) is 4.68 Å². The summed E-state index contributed by atoms with van der Waals surface area (Å²) in [6.07, 6.45) is -3.42. The zero-order valence-corrected chi connectivity index (χ0v) is 17.0. The first-order chi connectivity index (χ1) is 14.6. The number of fused-ring (bicyclic) bond motifs is 1. The first kappa shape index (κ1) is 21.2. The topological polar surface area (TPSA) is 76.0 Å². The third-order valence-corrected chi connectivity index (χ3v) is 5.31. The summed E-state index contributed by atoms with van der Waals surface area (Å²) in [5, 5.41) is 9.35. The average molecular weight is 469 g/mol. The molecule has 1 aromatic heterocycles. The smallest absolute Gasteiger partial charge is 0.326 e. The number of nitrogens with zero attached hydrogens (tertiary/aromatic N) is 2. The number of amides is 2. The number of alkyl halides is 3. The summed E-state index contributed by atoms with van der Waals surface area (Å²) >= 11 is 11.5. The predicted molar refractivity (Wildman–Crippen MR) is 110 cm³/mol. The maximum atomic E-state index is 13.0. The molecule has 2 amide bonds. The normalized spacial score (nSPS) is 15.5. The van der Waals surface area contributed by atoms with Gasteiger partial charge in [0.05, 0.1) is 23.2 Å². The molecule has 31 heavy (non-hydrogen) atoms. The minimum absolute atomic E-state index is 0.0809. The monoisotopic (exact) mass is 468 g/mol. The van der Waals surface area contributed by atoms with Crippen LogP contribution in [0.5, 0.6) is 0 Å². The molecular weight excluding hydrogens is 456 g/mol. The minimum Gasteiger partial charge on any atom is -0.326 e. The molecular formula is C20H13Cl2F3N4O2. The summed E-state index contributed by atoms with van der Waals surface area (Å²) in [6, 6.07) is 9.04. The number of nitrogens with one attached hydrogen (secondary N) is 2. The molecule has 0 saturated heterocycles. The Hall–Kier alpha value is -3.04. The highest BCUT2D eigenvalue weighted by Crippen LogP contribution is 2.37. The Bertz CT molecular complexity index is 1180. The first-order valence-electron chi connectivity index (χ1n) is 8.94. The average Bonchev–Trinajstić information content (AvgIpc) is 3.23. The number of hydrogen-bond acceptors (Lipinski definition) is 3. The third kappa shape index (κ3) is 4.24. The molecule has 0 aliphatic carbocycles.